The summed E-state index contributed by atoms with van der Waals surface area (Å²) in [6.07, 6.45) is -0.327. The van der Waals surface area contributed by atoms with Crippen molar-refractivity contribution >= 4 is 40.9 Å². The van der Waals surface area contributed by atoms with Gasteiger partial charge in [0.1, 0.15) is 35.4 Å². The molecule has 0 saturated carbocycles. The number of nitrogens with zero attached hydrogens (tertiary/aromatic N) is 3. The lowest BCUT2D eigenvalue weighted by molar-refractivity contribution is -0.297. The molecule has 38 heavy (non-hydrogen) atoms. The highest BCUT2D eigenvalue weighted by molar-refractivity contribution is 7.99. The zero-order chi connectivity index (χ0) is 27.3. The molecule has 0 bridgehead atoms. The number of azide groups is 1. The molecule has 0 spiro atoms. The molecule has 9 nitrogen and oxygen atoms in total. The highest BCUT2D eigenvalue weighted by atomic mass is 35.5. The molecule has 2 heterocycles. The van der Waals surface area contributed by atoms with Gasteiger partial charge in [-0.1, -0.05) is 70.4 Å². The van der Waals surface area contributed by atoms with Gasteiger partial charge in [0, 0.05) is 15.4 Å². The minimum Gasteiger partial charge on any atom is -0.494 e. The summed E-state index contributed by atoms with van der Waals surface area (Å²) in [5.41, 5.74) is 8.92. The van der Waals surface area contributed by atoms with E-state index in [4.69, 9.17) is 46.9 Å². The highest BCUT2D eigenvalue weighted by Crippen LogP contribution is 2.42. The van der Waals surface area contributed by atoms with Crippen LogP contribution < -0.4 is 0 Å². The number of rotatable bonds is 7. The largest absolute Gasteiger partial charge is 0.494 e. The Hall–Kier alpha value is -2.43. The number of benzene rings is 2. The van der Waals surface area contributed by atoms with Crippen molar-refractivity contribution in [2.45, 2.75) is 67.3 Å². The van der Waals surface area contributed by atoms with Gasteiger partial charge in [0.15, 0.2) is 6.29 Å². The van der Waals surface area contributed by atoms with Crippen LogP contribution in [-0.4, -0.2) is 48.0 Å². The van der Waals surface area contributed by atoms with E-state index in [1.165, 1.54) is 24.1 Å². The zero-order valence-electron chi connectivity index (χ0n) is 20.9. The van der Waals surface area contributed by atoms with Crippen molar-refractivity contribution < 1.29 is 28.5 Å². The first-order valence-electron chi connectivity index (χ1n) is 11.8. The Morgan fingerprint density at radius 1 is 1.16 bits per heavy atom. The number of fused-ring (bicyclic) bond motifs is 1. The van der Waals surface area contributed by atoms with E-state index < -0.39 is 47.7 Å². The molecular formula is C26H27Cl2N3O6S. The third-order valence-corrected chi connectivity index (χ3v) is 7.43. The molecule has 6 atom stereocenters. The van der Waals surface area contributed by atoms with Gasteiger partial charge in [0.05, 0.1) is 29.0 Å². The Bertz CT molecular complexity index is 1210. The SMILES string of the molecule is CC(C)(C)OC(=O)/C=C/O[C@@H]1[C@@H](N=[N+]=[N-])[C@H]2OC(c3ccccc3)OC[C@H]2O[C@@H]1Sc1ccc(Cl)c(Cl)c1. The predicted molar refractivity (Wildman–Crippen MR) is 144 cm³/mol. The maximum atomic E-state index is 12.2. The Labute approximate surface area is 234 Å². The minimum atomic E-state index is -0.834. The summed E-state index contributed by atoms with van der Waals surface area (Å²) in [6, 6.07) is 13.8. The van der Waals surface area contributed by atoms with Crippen molar-refractivity contribution in [3.8, 4) is 0 Å². The molecule has 12 heteroatoms. The normalized spacial score (nSPS) is 27.3. The third-order valence-electron chi connectivity index (χ3n) is 5.56. The molecule has 2 saturated heterocycles. The smallest absolute Gasteiger partial charge is 0.334 e. The highest BCUT2D eigenvalue weighted by Gasteiger charge is 2.51. The summed E-state index contributed by atoms with van der Waals surface area (Å²) in [5.74, 6) is -0.576. The van der Waals surface area contributed by atoms with Gasteiger partial charge >= 0.3 is 5.97 Å². The topological polar surface area (TPSA) is 112 Å². The number of esters is 1. The quantitative estimate of drug-likeness (QED) is 0.0880. The number of halogens is 2. The third kappa shape index (κ3) is 7.36. The van der Waals surface area contributed by atoms with Crippen LogP contribution in [0.25, 0.3) is 10.4 Å². The molecule has 0 aromatic heterocycles. The number of hydrogen-bond acceptors (Lipinski definition) is 8. The molecule has 2 aliphatic rings. The second-order valence-corrected chi connectivity index (χ2v) is 11.5. The van der Waals surface area contributed by atoms with Gasteiger partial charge in [-0.25, -0.2) is 4.79 Å². The average molecular weight is 580 g/mol. The Morgan fingerprint density at radius 2 is 1.92 bits per heavy atom. The lowest BCUT2D eigenvalue weighted by Crippen LogP contribution is -2.60. The standard InChI is InChI=1S/C26H27Cl2N3O6S/c1-26(2,3)37-20(32)11-12-33-23-21(30-31-29)22-19(14-34-24(36-22)15-7-5-4-6-8-15)35-25(23)38-16-9-10-17(27)18(28)13-16/h4-13,19,21-25H,14H2,1-3H3/b12-11+/t19-,21+,22+,23-,24?,25-/m1/s1. The Balaban J connectivity index is 1.60. The van der Waals surface area contributed by atoms with E-state index in [-0.39, 0.29) is 6.61 Å². The number of ether oxygens (including phenoxy) is 5. The average Bonchev–Trinajstić information content (AvgIpc) is 2.87. The summed E-state index contributed by atoms with van der Waals surface area (Å²) >= 11 is 13.6. The molecule has 2 aromatic rings. The van der Waals surface area contributed by atoms with Gasteiger partial charge in [-0.3, -0.25) is 0 Å². The van der Waals surface area contributed by atoms with Crippen LogP contribution >= 0.6 is 35.0 Å². The van der Waals surface area contributed by atoms with E-state index in [1.54, 1.807) is 39.0 Å². The summed E-state index contributed by atoms with van der Waals surface area (Å²) in [5, 5.41) is 4.84. The molecule has 202 valence electrons. The monoisotopic (exact) mass is 579 g/mol. The van der Waals surface area contributed by atoms with Gasteiger partial charge in [0.25, 0.3) is 0 Å². The first-order chi connectivity index (χ1) is 18.1. The van der Waals surface area contributed by atoms with Crippen molar-refractivity contribution in [2.75, 3.05) is 6.61 Å². The van der Waals surface area contributed by atoms with Crippen molar-refractivity contribution in [3.05, 3.63) is 86.9 Å². The first-order valence-corrected chi connectivity index (χ1v) is 13.5. The lowest BCUT2D eigenvalue weighted by Gasteiger charge is -2.47. The molecular weight excluding hydrogens is 553 g/mol. The molecule has 0 radical (unpaired) electrons. The van der Waals surface area contributed by atoms with E-state index in [0.717, 1.165) is 10.5 Å². The van der Waals surface area contributed by atoms with E-state index in [1.807, 2.05) is 30.3 Å². The van der Waals surface area contributed by atoms with Crippen molar-refractivity contribution in [3.63, 3.8) is 0 Å². The zero-order valence-corrected chi connectivity index (χ0v) is 23.2. The van der Waals surface area contributed by atoms with Crippen LogP contribution in [0.1, 0.15) is 32.6 Å². The van der Waals surface area contributed by atoms with E-state index >= 15 is 0 Å². The van der Waals surface area contributed by atoms with Gasteiger partial charge in [-0.05, 0) is 44.5 Å². The molecule has 4 rings (SSSR count). The van der Waals surface area contributed by atoms with Gasteiger partial charge < -0.3 is 23.7 Å². The van der Waals surface area contributed by atoms with Crippen LogP contribution in [0.2, 0.25) is 10.0 Å². The minimum absolute atomic E-state index is 0.209. The summed E-state index contributed by atoms with van der Waals surface area (Å²) < 4.78 is 29.8. The molecule has 0 N–H and O–H groups in total. The Kier molecular flexibility index (Phi) is 9.49. The molecule has 0 amide bonds. The number of carbonyl (C=O) groups excluding carboxylic acids is 1. The van der Waals surface area contributed by atoms with Crippen LogP contribution in [0, 0.1) is 0 Å². The van der Waals surface area contributed by atoms with Gasteiger partial charge in [-0.15, -0.1) is 0 Å². The van der Waals surface area contributed by atoms with E-state index in [9.17, 15) is 10.3 Å². The van der Waals surface area contributed by atoms with Crippen LogP contribution in [0.4, 0.5) is 0 Å². The summed E-state index contributed by atoms with van der Waals surface area (Å²) in [6.45, 7) is 5.51. The summed E-state index contributed by atoms with van der Waals surface area (Å²) in [4.78, 5) is 16.0. The van der Waals surface area contributed by atoms with Gasteiger partial charge in [0.2, 0.25) is 0 Å². The van der Waals surface area contributed by atoms with Crippen LogP contribution in [-0.2, 0) is 28.5 Å². The second-order valence-electron chi connectivity index (χ2n) is 9.55. The van der Waals surface area contributed by atoms with Crippen molar-refractivity contribution in [1.82, 2.24) is 0 Å². The van der Waals surface area contributed by atoms with E-state index in [0.29, 0.717) is 10.0 Å². The second kappa shape index (κ2) is 12.6. The molecule has 0 aliphatic carbocycles. The number of hydrogen-bond donors (Lipinski definition) is 0. The predicted octanol–water partition coefficient (Wildman–Crippen LogP) is 6.84. The van der Waals surface area contributed by atoms with Crippen LogP contribution in [0.3, 0.4) is 0 Å². The molecule has 2 aromatic carbocycles. The fraction of sp³-hybridized carbons (Fsp3) is 0.423. The number of carbonyl (C=O) groups is 1. The first kappa shape index (κ1) is 28.6. The van der Waals surface area contributed by atoms with Gasteiger partial charge in [-0.2, -0.15) is 0 Å². The fourth-order valence-corrected chi connectivity index (χ4v) is 5.50. The van der Waals surface area contributed by atoms with Crippen LogP contribution in [0.5, 0.6) is 0 Å². The number of thioether (sulfide) groups is 1. The fourth-order valence-electron chi connectivity index (χ4n) is 3.98. The van der Waals surface area contributed by atoms with Crippen molar-refractivity contribution in [2.24, 2.45) is 5.11 Å². The van der Waals surface area contributed by atoms with E-state index in [2.05, 4.69) is 10.0 Å². The maximum absolute atomic E-state index is 12.2. The van der Waals surface area contributed by atoms with Crippen LogP contribution in [0.15, 0.2) is 70.9 Å². The maximum Gasteiger partial charge on any atom is 0.334 e. The van der Waals surface area contributed by atoms with Crippen molar-refractivity contribution in [1.29, 1.82) is 0 Å². The molecule has 2 aliphatic heterocycles. The molecule has 1 unspecified atom stereocenters. The Morgan fingerprint density at radius 3 is 2.61 bits per heavy atom. The summed E-state index contributed by atoms with van der Waals surface area (Å²) in [7, 11) is 0. The lowest BCUT2D eigenvalue weighted by atomic mass is 9.96. The molecule has 2 fully saturated rings.